The molecule has 5 heterocycles. The Labute approximate surface area is 211 Å². The highest BCUT2D eigenvalue weighted by Crippen LogP contribution is 2.31. The molecule has 0 atom stereocenters. The third kappa shape index (κ3) is 4.19. The van der Waals surface area contributed by atoms with Crippen LogP contribution in [0.25, 0.3) is 16.7 Å². The van der Waals surface area contributed by atoms with Crippen molar-refractivity contribution in [1.29, 1.82) is 0 Å². The average molecular weight is 509 g/mol. The van der Waals surface area contributed by atoms with Crippen LogP contribution >= 0.6 is 11.6 Å². The molecule has 12 heteroatoms. The highest BCUT2D eigenvalue weighted by molar-refractivity contribution is 6.32. The zero-order valence-corrected chi connectivity index (χ0v) is 20.4. The molecule has 36 heavy (non-hydrogen) atoms. The van der Waals surface area contributed by atoms with E-state index in [-0.39, 0.29) is 5.69 Å². The number of nitrogens with one attached hydrogen (secondary N) is 1. The molecule has 2 fully saturated rings. The van der Waals surface area contributed by atoms with Crippen molar-refractivity contribution >= 4 is 39.8 Å². The number of fused-ring (bicyclic) bond motifs is 1. The van der Waals surface area contributed by atoms with Gasteiger partial charge in [0.1, 0.15) is 5.02 Å². The maximum atomic E-state index is 11.2. The summed E-state index contributed by atoms with van der Waals surface area (Å²) in [7, 11) is 0. The summed E-state index contributed by atoms with van der Waals surface area (Å²) in [6.07, 6.45) is 9.28. The number of nitrogens with zero attached hydrogens (tertiary/aromatic N) is 7. The third-order valence-electron chi connectivity index (χ3n) is 7.02. The summed E-state index contributed by atoms with van der Waals surface area (Å²) in [6.45, 7) is 5.70. The van der Waals surface area contributed by atoms with Crippen LogP contribution in [0.2, 0.25) is 5.02 Å². The van der Waals surface area contributed by atoms with Crippen molar-refractivity contribution in [3.63, 3.8) is 0 Å². The minimum absolute atomic E-state index is 0.0410. The number of non-ortho nitro benzene ring substituents is 1. The predicted octanol–water partition coefficient (Wildman–Crippen LogP) is 4.27. The number of likely N-dealkylation sites (tertiary alicyclic amines) is 1. The zero-order valence-electron chi connectivity index (χ0n) is 19.7. The molecule has 0 amide bonds. The fourth-order valence-corrected chi connectivity index (χ4v) is 5.12. The Bertz CT molecular complexity index is 1440. The quantitative estimate of drug-likeness (QED) is 0.303. The Morgan fingerprint density at radius 2 is 1.97 bits per heavy atom. The van der Waals surface area contributed by atoms with E-state index in [1.807, 2.05) is 28.6 Å². The Morgan fingerprint density at radius 3 is 2.69 bits per heavy atom. The zero-order chi connectivity index (χ0) is 24.8. The van der Waals surface area contributed by atoms with Gasteiger partial charge in [0.25, 0.3) is 5.69 Å². The molecular weight excluding hydrogens is 484 g/mol. The van der Waals surface area contributed by atoms with Crippen LogP contribution in [-0.2, 0) is 4.74 Å². The van der Waals surface area contributed by atoms with Crippen molar-refractivity contribution < 1.29 is 9.66 Å². The summed E-state index contributed by atoms with van der Waals surface area (Å²) in [5.74, 6) is 0.871. The number of nitro benzene ring substituents is 1. The second-order valence-corrected chi connectivity index (χ2v) is 9.71. The van der Waals surface area contributed by atoms with Crippen LogP contribution in [0.1, 0.15) is 24.4 Å². The number of ether oxygens (including phenoxy) is 1. The number of halogens is 1. The van der Waals surface area contributed by atoms with Gasteiger partial charge in [-0.15, -0.1) is 0 Å². The number of rotatable bonds is 6. The van der Waals surface area contributed by atoms with Gasteiger partial charge in [-0.05, 0) is 31.4 Å². The van der Waals surface area contributed by atoms with E-state index in [2.05, 4.69) is 25.3 Å². The first-order chi connectivity index (χ1) is 17.5. The molecule has 2 aliphatic heterocycles. The van der Waals surface area contributed by atoms with Gasteiger partial charge in [0.05, 0.1) is 53.8 Å². The first-order valence-corrected chi connectivity index (χ1v) is 12.3. The van der Waals surface area contributed by atoms with Gasteiger partial charge in [0.15, 0.2) is 5.82 Å². The fraction of sp³-hybridized carbons (Fsp3) is 0.375. The highest BCUT2D eigenvalue weighted by atomic mass is 35.5. The molecule has 11 nitrogen and oxygen atoms in total. The van der Waals surface area contributed by atoms with E-state index in [1.54, 1.807) is 24.5 Å². The van der Waals surface area contributed by atoms with E-state index >= 15 is 0 Å². The number of anilines is 2. The van der Waals surface area contributed by atoms with Crippen molar-refractivity contribution in [2.45, 2.75) is 31.8 Å². The van der Waals surface area contributed by atoms with Crippen molar-refractivity contribution in [2.75, 3.05) is 31.6 Å². The summed E-state index contributed by atoms with van der Waals surface area (Å²) in [6, 6.07) is 5.69. The summed E-state index contributed by atoms with van der Waals surface area (Å²) in [4.78, 5) is 22.3. The van der Waals surface area contributed by atoms with Gasteiger partial charge in [-0.25, -0.2) is 4.98 Å². The Morgan fingerprint density at radius 1 is 1.17 bits per heavy atom. The number of aromatic nitrogens is 5. The molecular formula is C24H25ClN8O3. The first kappa shape index (κ1) is 22.9. The van der Waals surface area contributed by atoms with E-state index in [9.17, 15) is 10.1 Å². The predicted molar refractivity (Wildman–Crippen MR) is 135 cm³/mol. The largest absolute Gasteiger partial charge is 0.378 e. The van der Waals surface area contributed by atoms with E-state index in [4.69, 9.17) is 16.3 Å². The monoisotopic (exact) mass is 508 g/mol. The Balaban J connectivity index is 1.21. The van der Waals surface area contributed by atoms with Crippen molar-refractivity contribution in [1.82, 2.24) is 29.2 Å². The topological polar surface area (TPSA) is 116 Å². The van der Waals surface area contributed by atoms with Crippen LogP contribution in [-0.4, -0.2) is 66.5 Å². The van der Waals surface area contributed by atoms with Crippen molar-refractivity contribution in [2.24, 2.45) is 0 Å². The molecule has 0 unspecified atom stereocenters. The molecule has 0 radical (unpaired) electrons. The lowest BCUT2D eigenvalue weighted by atomic mass is 10.0. The lowest BCUT2D eigenvalue weighted by Gasteiger charge is -2.41. The van der Waals surface area contributed by atoms with Crippen LogP contribution in [0, 0.1) is 17.0 Å². The molecule has 0 spiro atoms. The molecule has 0 aliphatic carbocycles. The Kier molecular flexibility index (Phi) is 5.82. The molecule has 186 valence electrons. The van der Waals surface area contributed by atoms with E-state index < -0.39 is 4.92 Å². The lowest BCUT2D eigenvalue weighted by molar-refractivity contribution is -0.384. The second-order valence-electron chi connectivity index (χ2n) is 9.30. The molecule has 1 N–H and O–H groups in total. The third-order valence-corrected chi connectivity index (χ3v) is 7.29. The summed E-state index contributed by atoms with van der Waals surface area (Å²) < 4.78 is 9.17. The molecule has 6 rings (SSSR count). The minimum Gasteiger partial charge on any atom is -0.378 e. The van der Waals surface area contributed by atoms with Crippen molar-refractivity contribution in [3.05, 3.63) is 63.7 Å². The maximum Gasteiger partial charge on any atom is 0.270 e. The lowest BCUT2D eigenvalue weighted by Crippen LogP contribution is -2.51. The van der Waals surface area contributed by atoms with E-state index in [1.165, 1.54) is 6.07 Å². The molecule has 4 aromatic rings. The maximum absolute atomic E-state index is 11.2. The molecule has 0 bridgehead atoms. The number of benzene rings is 1. The van der Waals surface area contributed by atoms with Crippen LogP contribution in [0.4, 0.5) is 17.3 Å². The summed E-state index contributed by atoms with van der Waals surface area (Å²) in [5.41, 5.74) is 2.49. The summed E-state index contributed by atoms with van der Waals surface area (Å²) >= 11 is 6.47. The minimum atomic E-state index is -0.400. The number of hydrogen-bond donors (Lipinski definition) is 1. The van der Waals surface area contributed by atoms with Crippen LogP contribution in [0.15, 0.2) is 43.0 Å². The van der Waals surface area contributed by atoms with Crippen molar-refractivity contribution in [3.8, 4) is 5.82 Å². The van der Waals surface area contributed by atoms with Crippen LogP contribution in [0.3, 0.4) is 0 Å². The van der Waals surface area contributed by atoms with E-state index in [0.717, 1.165) is 61.3 Å². The summed E-state index contributed by atoms with van der Waals surface area (Å²) in [5, 5.41) is 20.1. The SMILES string of the molecule is Cc1cn(-c2nc(Nc3cnn(C4CCN(C5COC5)CC4)c3)ncc2Cl)c2ccc([N+](=O)[O-])cc12. The molecule has 2 saturated heterocycles. The van der Waals surface area contributed by atoms with Gasteiger partial charge in [0, 0.05) is 43.0 Å². The van der Waals surface area contributed by atoms with Gasteiger partial charge >= 0.3 is 0 Å². The van der Waals surface area contributed by atoms with Crippen LogP contribution in [0.5, 0.6) is 0 Å². The molecule has 3 aromatic heterocycles. The fourth-order valence-electron chi connectivity index (χ4n) is 4.94. The number of hydrogen-bond acceptors (Lipinski definition) is 8. The number of piperidine rings is 1. The standard InChI is InChI=1S/C24H25ClN8O3/c1-15-11-31(22-3-2-18(33(34)35)8-20(15)22)23-21(25)10-26-24(29-23)28-16-9-27-32(12-16)17-4-6-30(7-5-17)19-13-36-14-19/h2-3,8-12,17,19H,4-7,13-14H2,1H3,(H,26,28,29). The highest BCUT2D eigenvalue weighted by Gasteiger charge is 2.30. The Hall–Kier alpha value is -3.54. The number of nitro groups is 1. The smallest absolute Gasteiger partial charge is 0.270 e. The van der Waals surface area contributed by atoms with Gasteiger partial charge < -0.3 is 10.1 Å². The second kappa shape index (κ2) is 9.16. The van der Waals surface area contributed by atoms with Crippen LogP contribution < -0.4 is 5.32 Å². The average Bonchev–Trinajstić information content (AvgIpc) is 3.44. The molecule has 1 aromatic carbocycles. The van der Waals surface area contributed by atoms with Gasteiger partial charge in [0.2, 0.25) is 5.95 Å². The van der Waals surface area contributed by atoms with E-state index in [0.29, 0.717) is 28.9 Å². The van der Waals surface area contributed by atoms with Gasteiger partial charge in [-0.3, -0.25) is 24.3 Å². The molecule has 0 saturated carbocycles. The first-order valence-electron chi connectivity index (χ1n) is 11.9. The van der Waals surface area contributed by atoms with Gasteiger partial charge in [-0.2, -0.15) is 10.1 Å². The molecule has 2 aliphatic rings. The number of aryl methyl sites for hydroxylation is 1. The van der Waals surface area contributed by atoms with Gasteiger partial charge in [-0.1, -0.05) is 11.6 Å². The normalized spacial score (nSPS) is 17.4.